The Bertz CT molecular complexity index is 1280. The molecule has 1 aromatic carbocycles. The van der Waals surface area contributed by atoms with E-state index in [0.29, 0.717) is 19.0 Å². The van der Waals surface area contributed by atoms with Gasteiger partial charge in [-0.3, -0.25) is 9.78 Å². The number of amides is 2. The van der Waals surface area contributed by atoms with Crippen molar-refractivity contribution in [3.63, 3.8) is 0 Å². The predicted octanol–water partition coefficient (Wildman–Crippen LogP) is 4.85. The summed E-state index contributed by atoms with van der Waals surface area (Å²) >= 11 is 0. The topological polar surface area (TPSA) is 112 Å². The molecule has 0 radical (unpaired) electrons. The Kier molecular flexibility index (Phi) is 7.52. The molecule has 2 N–H and O–H groups in total. The Balaban J connectivity index is 1.48. The minimum absolute atomic E-state index is 0.0591. The van der Waals surface area contributed by atoms with E-state index < -0.39 is 6.09 Å². The third-order valence-electron chi connectivity index (χ3n) is 6.86. The lowest BCUT2D eigenvalue weighted by atomic mass is 9.97. The Morgan fingerprint density at radius 3 is 2.73 bits per heavy atom. The number of benzene rings is 1. The van der Waals surface area contributed by atoms with Crippen LogP contribution in [0.15, 0.2) is 47.3 Å². The number of carbonyl (C=O) groups is 2. The molecular weight excluding hydrogens is 470 g/mol. The number of piperidine rings is 1. The first-order valence-electron chi connectivity index (χ1n) is 12.5. The molecule has 196 valence electrons. The van der Waals surface area contributed by atoms with Crippen LogP contribution >= 0.6 is 0 Å². The summed E-state index contributed by atoms with van der Waals surface area (Å²) in [4.78, 5) is 36.4. The maximum absolute atomic E-state index is 12.6. The van der Waals surface area contributed by atoms with Crippen LogP contribution in [0, 0.1) is 6.92 Å². The molecule has 1 fully saturated rings. The van der Waals surface area contributed by atoms with E-state index in [9.17, 15) is 14.7 Å². The second-order valence-corrected chi connectivity index (χ2v) is 10.6. The summed E-state index contributed by atoms with van der Waals surface area (Å²) in [5.41, 5.74) is 5.15. The zero-order chi connectivity index (χ0) is 26.7. The van der Waals surface area contributed by atoms with Crippen LogP contribution in [-0.2, 0) is 12.0 Å². The highest BCUT2D eigenvalue weighted by molar-refractivity contribution is 5.92. The van der Waals surface area contributed by atoms with Gasteiger partial charge in [-0.05, 0) is 42.5 Å². The van der Waals surface area contributed by atoms with Gasteiger partial charge in [0, 0.05) is 43.9 Å². The number of carboxylic acid groups (broad SMARTS) is 1. The number of aromatic nitrogens is 2. The van der Waals surface area contributed by atoms with E-state index >= 15 is 0 Å². The SMILES string of the molecule is Cc1cc(-c2ccncc2N2CCCC(N(C)C(=O)O)C2)ccc1CNC(=O)c1coc(C(C)(C)C)n1. The molecule has 37 heavy (non-hydrogen) atoms. The highest BCUT2D eigenvalue weighted by Gasteiger charge is 2.27. The summed E-state index contributed by atoms with van der Waals surface area (Å²) < 4.78 is 5.47. The molecule has 3 aromatic rings. The second-order valence-electron chi connectivity index (χ2n) is 10.6. The fraction of sp³-hybridized carbons (Fsp3) is 0.429. The van der Waals surface area contributed by atoms with Crippen molar-refractivity contribution in [1.29, 1.82) is 0 Å². The van der Waals surface area contributed by atoms with Crippen molar-refractivity contribution in [3.8, 4) is 11.1 Å². The molecule has 4 rings (SSSR count). The molecule has 0 aliphatic carbocycles. The lowest BCUT2D eigenvalue weighted by Gasteiger charge is -2.38. The van der Waals surface area contributed by atoms with Crippen molar-refractivity contribution in [1.82, 2.24) is 20.2 Å². The third kappa shape index (κ3) is 5.93. The minimum Gasteiger partial charge on any atom is -0.465 e. The van der Waals surface area contributed by atoms with Gasteiger partial charge < -0.3 is 24.6 Å². The number of nitrogens with zero attached hydrogens (tertiary/aromatic N) is 4. The zero-order valence-electron chi connectivity index (χ0n) is 22.1. The molecule has 1 aliphatic rings. The summed E-state index contributed by atoms with van der Waals surface area (Å²) in [6.07, 6.45) is 5.88. The molecule has 0 saturated carbocycles. The molecule has 9 heteroatoms. The number of carbonyl (C=O) groups excluding carboxylic acids is 1. The molecule has 2 amide bonds. The minimum atomic E-state index is -0.908. The highest BCUT2D eigenvalue weighted by atomic mass is 16.4. The van der Waals surface area contributed by atoms with Gasteiger partial charge in [0.25, 0.3) is 5.91 Å². The van der Waals surface area contributed by atoms with Crippen molar-refractivity contribution >= 4 is 17.7 Å². The van der Waals surface area contributed by atoms with E-state index in [1.54, 1.807) is 13.2 Å². The number of rotatable bonds is 6. The van der Waals surface area contributed by atoms with Gasteiger partial charge in [0.15, 0.2) is 11.6 Å². The van der Waals surface area contributed by atoms with Gasteiger partial charge in [-0.2, -0.15) is 0 Å². The van der Waals surface area contributed by atoms with Gasteiger partial charge >= 0.3 is 6.09 Å². The largest absolute Gasteiger partial charge is 0.465 e. The standard InChI is InChI=1S/C28H35N5O4/c1-18-13-19(8-9-20(18)14-30-25(34)23-17-37-26(31-23)28(2,3)4)22-10-11-29-15-24(22)33-12-6-7-21(16-33)32(5)27(35)36/h8-11,13,15,17,21H,6-7,12,14,16H2,1-5H3,(H,30,34)(H,35,36). The number of likely N-dealkylation sites (N-methyl/N-ethyl adjacent to an activating group) is 1. The van der Waals surface area contributed by atoms with Gasteiger partial charge in [-0.1, -0.05) is 39.0 Å². The molecule has 0 spiro atoms. The van der Waals surface area contributed by atoms with Crippen LogP contribution < -0.4 is 10.2 Å². The van der Waals surface area contributed by atoms with E-state index in [4.69, 9.17) is 4.42 Å². The number of anilines is 1. The molecule has 9 nitrogen and oxygen atoms in total. The van der Waals surface area contributed by atoms with Gasteiger partial charge in [0.1, 0.15) is 6.26 Å². The van der Waals surface area contributed by atoms with Crippen LogP contribution in [-0.4, -0.2) is 58.2 Å². The smallest absolute Gasteiger partial charge is 0.407 e. The van der Waals surface area contributed by atoms with Crippen molar-refractivity contribution < 1.29 is 19.1 Å². The molecule has 1 atom stereocenters. The quantitative estimate of drug-likeness (QED) is 0.492. The lowest BCUT2D eigenvalue weighted by Crippen LogP contribution is -2.48. The monoisotopic (exact) mass is 505 g/mol. The van der Waals surface area contributed by atoms with E-state index in [1.807, 2.05) is 52.1 Å². The number of pyridine rings is 1. The van der Waals surface area contributed by atoms with Crippen molar-refractivity contribution in [2.45, 2.75) is 58.5 Å². The van der Waals surface area contributed by atoms with E-state index in [2.05, 4.69) is 26.3 Å². The Morgan fingerprint density at radius 2 is 2.05 bits per heavy atom. The zero-order valence-corrected chi connectivity index (χ0v) is 22.1. The predicted molar refractivity (Wildman–Crippen MR) is 142 cm³/mol. The van der Waals surface area contributed by atoms with E-state index in [-0.39, 0.29) is 23.1 Å². The van der Waals surface area contributed by atoms with Crippen LogP contribution in [0.25, 0.3) is 11.1 Å². The fourth-order valence-electron chi connectivity index (χ4n) is 4.58. The van der Waals surface area contributed by atoms with Crippen LogP contribution in [0.5, 0.6) is 0 Å². The molecular formula is C28H35N5O4. The summed E-state index contributed by atoms with van der Waals surface area (Å²) in [6.45, 7) is 9.83. The Labute approximate surface area is 217 Å². The van der Waals surface area contributed by atoms with Gasteiger partial charge in [-0.25, -0.2) is 9.78 Å². The van der Waals surface area contributed by atoms with Crippen LogP contribution in [0.3, 0.4) is 0 Å². The lowest BCUT2D eigenvalue weighted by molar-refractivity contribution is 0.0945. The average molecular weight is 506 g/mol. The molecule has 1 aliphatic heterocycles. The molecule has 1 saturated heterocycles. The number of hydrogen-bond acceptors (Lipinski definition) is 6. The molecule has 2 aromatic heterocycles. The fourth-order valence-corrected chi connectivity index (χ4v) is 4.58. The van der Waals surface area contributed by atoms with Crippen LogP contribution in [0.1, 0.15) is 61.1 Å². The normalized spacial score (nSPS) is 15.9. The van der Waals surface area contributed by atoms with E-state index in [0.717, 1.165) is 47.3 Å². The molecule has 0 bridgehead atoms. The van der Waals surface area contributed by atoms with Gasteiger partial charge in [0.2, 0.25) is 0 Å². The maximum atomic E-state index is 12.6. The number of aryl methyl sites for hydroxylation is 1. The number of hydrogen-bond donors (Lipinski definition) is 2. The van der Waals surface area contributed by atoms with Crippen molar-refractivity contribution in [2.75, 3.05) is 25.0 Å². The first kappa shape index (κ1) is 26.2. The Hall–Kier alpha value is -3.88. The van der Waals surface area contributed by atoms with Crippen LogP contribution in [0.2, 0.25) is 0 Å². The third-order valence-corrected chi connectivity index (χ3v) is 6.86. The van der Waals surface area contributed by atoms with Crippen molar-refractivity contribution in [2.24, 2.45) is 0 Å². The second kappa shape index (κ2) is 10.6. The first-order valence-corrected chi connectivity index (χ1v) is 12.5. The van der Waals surface area contributed by atoms with Crippen molar-refractivity contribution in [3.05, 3.63) is 65.6 Å². The number of nitrogens with one attached hydrogen (secondary N) is 1. The first-order chi connectivity index (χ1) is 17.5. The van der Waals surface area contributed by atoms with Gasteiger partial charge in [-0.15, -0.1) is 0 Å². The summed E-state index contributed by atoms with van der Waals surface area (Å²) in [6, 6.07) is 8.12. The molecule has 1 unspecified atom stereocenters. The molecule has 3 heterocycles. The summed E-state index contributed by atoms with van der Waals surface area (Å²) in [5, 5.41) is 12.4. The Morgan fingerprint density at radius 1 is 1.27 bits per heavy atom. The average Bonchev–Trinajstić information content (AvgIpc) is 3.39. The van der Waals surface area contributed by atoms with Crippen LogP contribution in [0.4, 0.5) is 10.5 Å². The van der Waals surface area contributed by atoms with E-state index in [1.165, 1.54) is 11.2 Å². The van der Waals surface area contributed by atoms with Gasteiger partial charge in [0.05, 0.1) is 17.9 Å². The number of oxazole rings is 1. The summed E-state index contributed by atoms with van der Waals surface area (Å²) in [7, 11) is 1.63. The maximum Gasteiger partial charge on any atom is 0.407 e. The summed E-state index contributed by atoms with van der Waals surface area (Å²) in [5.74, 6) is 0.256. The highest BCUT2D eigenvalue weighted by Crippen LogP contribution is 2.33.